The van der Waals surface area contributed by atoms with E-state index in [0.29, 0.717) is 12.1 Å². The first kappa shape index (κ1) is 14.1. The average Bonchev–Trinajstić information content (AvgIpc) is 3.02. The molecule has 0 bridgehead atoms. The molecule has 0 aromatic carbocycles. The van der Waals surface area contributed by atoms with E-state index in [1.165, 1.54) is 0 Å². The van der Waals surface area contributed by atoms with Crippen molar-refractivity contribution < 1.29 is 0 Å². The van der Waals surface area contributed by atoms with Crippen LogP contribution in [0.1, 0.15) is 13.8 Å². The molecule has 0 radical (unpaired) electrons. The molecule has 0 spiro atoms. The Morgan fingerprint density at radius 2 is 2.00 bits per heavy atom. The third-order valence-corrected chi connectivity index (χ3v) is 4.48. The monoisotopic (exact) mass is 308 g/mol. The molecule has 0 unspecified atom stereocenters. The van der Waals surface area contributed by atoms with Gasteiger partial charge in [0.1, 0.15) is 17.8 Å². The van der Waals surface area contributed by atoms with Gasteiger partial charge in [-0.1, -0.05) is 0 Å². The topological polar surface area (TPSA) is 69.7 Å². The maximum Gasteiger partial charge on any atom is 0.143 e. The zero-order chi connectivity index (χ0) is 15.8. The molecule has 3 aromatic rings. The van der Waals surface area contributed by atoms with Crippen molar-refractivity contribution in [3.8, 4) is 11.1 Å². The molecule has 6 nitrogen and oxygen atoms in total. The van der Waals surface area contributed by atoms with Crippen molar-refractivity contribution >= 4 is 16.9 Å². The van der Waals surface area contributed by atoms with E-state index >= 15 is 0 Å². The first-order valence-corrected chi connectivity index (χ1v) is 7.96. The minimum Gasteiger partial charge on any atom is -0.350 e. The normalized spacial score (nSPS) is 21.7. The molecule has 2 N–H and O–H groups in total. The molecule has 2 atom stereocenters. The molecular weight excluding hydrogens is 288 g/mol. The molecule has 0 aliphatic carbocycles. The zero-order valence-electron chi connectivity index (χ0n) is 13.3. The fourth-order valence-corrected chi connectivity index (χ4v) is 3.24. The van der Waals surface area contributed by atoms with Crippen LogP contribution in [0.25, 0.3) is 22.2 Å². The van der Waals surface area contributed by atoms with Crippen molar-refractivity contribution in [1.82, 2.24) is 25.3 Å². The number of nitrogens with one attached hydrogen (secondary N) is 2. The van der Waals surface area contributed by atoms with Gasteiger partial charge in [-0.15, -0.1) is 0 Å². The van der Waals surface area contributed by atoms with Gasteiger partial charge in [-0.2, -0.15) is 0 Å². The Labute approximate surface area is 135 Å². The Hall–Kier alpha value is -2.47. The van der Waals surface area contributed by atoms with Crippen LogP contribution in [0.5, 0.6) is 0 Å². The Kier molecular flexibility index (Phi) is 3.46. The Morgan fingerprint density at radius 1 is 1.17 bits per heavy atom. The molecule has 1 fully saturated rings. The number of hydrogen-bond acceptors (Lipinski definition) is 5. The summed E-state index contributed by atoms with van der Waals surface area (Å²) in [6.45, 7) is 6.33. The van der Waals surface area contributed by atoms with Gasteiger partial charge < -0.3 is 15.2 Å². The van der Waals surface area contributed by atoms with Gasteiger partial charge in [0.05, 0.1) is 5.39 Å². The summed E-state index contributed by atoms with van der Waals surface area (Å²) in [7, 11) is 0. The Bertz CT molecular complexity index is 812. The standard InChI is InChI=1S/C17H20N6/c1-11-9-23(12(2)7-19-11)17-15-14(13-3-5-18-6-4-13)8-20-16(15)21-10-22-17/h3-6,8,10-12,19H,7,9H2,1-2H3,(H,20,21,22)/t11-,12+/m1/s1. The number of anilines is 1. The number of piperazine rings is 1. The molecule has 23 heavy (non-hydrogen) atoms. The first-order valence-electron chi connectivity index (χ1n) is 7.96. The fraction of sp³-hybridized carbons (Fsp3) is 0.353. The van der Waals surface area contributed by atoms with E-state index in [-0.39, 0.29) is 0 Å². The van der Waals surface area contributed by atoms with Crippen LogP contribution in [0.4, 0.5) is 5.82 Å². The number of rotatable bonds is 2. The van der Waals surface area contributed by atoms with Crippen molar-refractivity contribution in [3.05, 3.63) is 37.1 Å². The Morgan fingerprint density at radius 3 is 2.83 bits per heavy atom. The second-order valence-electron chi connectivity index (χ2n) is 6.17. The third kappa shape index (κ3) is 2.45. The highest BCUT2D eigenvalue weighted by atomic mass is 15.3. The van der Waals surface area contributed by atoms with Gasteiger partial charge >= 0.3 is 0 Å². The van der Waals surface area contributed by atoms with Crippen LogP contribution < -0.4 is 10.2 Å². The van der Waals surface area contributed by atoms with Crippen molar-refractivity contribution in [2.24, 2.45) is 0 Å². The molecule has 0 saturated carbocycles. The highest BCUT2D eigenvalue weighted by Gasteiger charge is 2.26. The molecule has 1 aliphatic rings. The molecule has 4 heterocycles. The maximum atomic E-state index is 4.63. The lowest BCUT2D eigenvalue weighted by Gasteiger charge is -2.38. The van der Waals surface area contributed by atoms with E-state index < -0.39 is 0 Å². The Balaban J connectivity index is 1.88. The van der Waals surface area contributed by atoms with Crippen LogP contribution in [0.3, 0.4) is 0 Å². The predicted octanol–water partition coefficient (Wildman–Crippen LogP) is 2.21. The van der Waals surface area contributed by atoms with E-state index in [0.717, 1.165) is 41.1 Å². The van der Waals surface area contributed by atoms with Crippen LogP contribution in [0, 0.1) is 0 Å². The molecule has 1 saturated heterocycles. The quantitative estimate of drug-likeness (QED) is 0.759. The van der Waals surface area contributed by atoms with Gasteiger partial charge in [-0.3, -0.25) is 4.98 Å². The summed E-state index contributed by atoms with van der Waals surface area (Å²) < 4.78 is 0. The maximum absolute atomic E-state index is 4.63. The lowest BCUT2D eigenvalue weighted by atomic mass is 10.1. The van der Waals surface area contributed by atoms with Gasteiger partial charge in [0.15, 0.2) is 0 Å². The van der Waals surface area contributed by atoms with Gasteiger partial charge in [0, 0.05) is 49.3 Å². The van der Waals surface area contributed by atoms with Crippen molar-refractivity contribution in [2.45, 2.75) is 25.9 Å². The van der Waals surface area contributed by atoms with E-state index in [1.807, 2.05) is 30.7 Å². The van der Waals surface area contributed by atoms with Gasteiger partial charge in [-0.25, -0.2) is 9.97 Å². The van der Waals surface area contributed by atoms with E-state index in [9.17, 15) is 0 Å². The van der Waals surface area contributed by atoms with Crippen LogP contribution in [-0.4, -0.2) is 45.1 Å². The van der Waals surface area contributed by atoms with Gasteiger partial charge in [0.25, 0.3) is 0 Å². The summed E-state index contributed by atoms with van der Waals surface area (Å²) >= 11 is 0. The lowest BCUT2D eigenvalue weighted by molar-refractivity contribution is 0.423. The minimum atomic E-state index is 0.393. The minimum absolute atomic E-state index is 0.393. The summed E-state index contributed by atoms with van der Waals surface area (Å²) in [5.41, 5.74) is 3.12. The number of nitrogens with zero attached hydrogens (tertiary/aromatic N) is 4. The molecule has 118 valence electrons. The van der Waals surface area contributed by atoms with Crippen LogP contribution in [-0.2, 0) is 0 Å². The molecule has 6 heteroatoms. The second-order valence-corrected chi connectivity index (χ2v) is 6.17. The summed E-state index contributed by atoms with van der Waals surface area (Å²) in [6.07, 6.45) is 7.28. The van der Waals surface area contributed by atoms with E-state index in [2.05, 4.69) is 44.0 Å². The lowest BCUT2D eigenvalue weighted by Crippen LogP contribution is -2.54. The summed E-state index contributed by atoms with van der Waals surface area (Å²) in [4.78, 5) is 18.8. The molecule has 4 rings (SSSR count). The third-order valence-electron chi connectivity index (χ3n) is 4.48. The predicted molar refractivity (Wildman–Crippen MR) is 91.4 cm³/mol. The highest BCUT2D eigenvalue weighted by molar-refractivity contribution is 6.01. The number of aromatic nitrogens is 4. The number of pyridine rings is 1. The van der Waals surface area contributed by atoms with E-state index in [4.69, 9.17) is 0 Å². The SMILES string of the molecule is C[C@@H]1CN(c2ncnc3[nH]cc(-c4ccncc4)c23)[C@@H](C)CN1. The largest absolute Gasteiger partial charge is 0.350 e. The van der Waals surface area contributed by atoms with Crippen molar-refractivity contribution in [1.29, 1.82) is 0 Å². The van der Waals surface area contributed by atoms with Crippen LogP contribution >= 0.6 is 0 Å². The molecule has 0 amide bonds. The first-order chi connectivity index (χ1) is 11.2. The summed E-state index contributed by atoms with van der Waals surface area (Å²) in [6, 6.07) is 4.87. The fourth-order valence-electron chi connectivity index (χ4n) is 3.24. The second kappa shape index (κ2) is 5.62. The number of aromatic amines is 1. The highest BCUT2D eigenvalue weighted by Crippen LogP contribution is 2.34. The number of H-pyrrole nitrogens is 1. The van der Waals surface area contributed by atoms with Crippen molar-refractivity contribution in [2.75, 3.05) is 18.0 Å². The van der Waals surface area contributed by atoms with E-state index in [1.54, 1.807) is 6.33 Å². The van der Waals surface area contributed by atoms with Crippen LogP contribution in [0.15, 0.2) is 37.1 Å². The summed E-state index contributed by atoms with van der Waals surface area (Å²) in [5, 5.41) is 4.60. The zero-order valence-corrected chi connectivity index (χ0v) is 13.3. The van der Waals surface area contributed by atoms with Gasteiger partial charge in [0.2, 0.25) is 0 Å². The molecule has 1 aliphatic heterocycles. The summed E-state index contributed by atoms with van der Waals surface area (Å²) in [5.74, 6) is 1.00. The van der Waals surface area contributed by atoms with Crippen LogP contribution in [0.2, 0.25) is 0 Å². The molecule has 3 aromatic heterocycles. The smallest absolute Gasteiger partial charge is 0.143 e. The van der Waals surface area contributed by atoms with Gasteiger partial charge in [-0.05, 0) is 31.5 Å². The number of hydrogen-bond donors (Lipinski definition) is 2. The molecular formula is C17H20N6. The van der Waals surface area contributed by atoms with Crippen molar-refractivity contribution in [3.63, 3.8) is 0 Å². The average molecular weight is 308 g/mol. The number of fused-ring (bicyclic) bond motifs is 1.